The Hall–Kier alpha value is -1.76. The molecule has 0 radical (unpaired) electrons. The van der Waals surface area contributed by atoms with Crippen molar-refractivity contribution in [2.45, 2.75) is 26.8 Å². The number of carbonyl (C=O) groups is 1. The third-order valence-electron chi connectivity index (χ3n) is 3.96. The second kappa shape index (κ2) is 7.86. The maximum Gasteiger partial charge on any atom is 0.247 e. The number of hydrogen-bond acceptors (Lipinski definition) is 3. The van der Waals surface area contributed by atoms with Gasteiger partial charge in [0.05, 0.1) is 11.9 Å². The molecule has 1 N–H and O–H groups in total. The first kappa shape index (κ1) is 20.6. The zero-order chi connectivity index (χ0) is 19.6. The lowest BCUT2D eigenvalue weighted by Crippen LogP contribution is -2.45. The summed E-state index contributed by atoms with van der Waals surface area (Å²) < 4.78 is 25.8. The van der Waals surface area contributed by atoms with Gasteiger partial charge in [-0.05, 0) is 62.2 Å². The first-order valence-corrected chi connectivity index (χ1v) is 10.4. The lowest BCUT2D eigenvalue weighted by Gasteiger charge is -2.28. The molecule has 0 saturated heterocycles. The molecule has 0 heterocycles. The minimum absolute atomic E-state index is 0.370. The molecule has 0 bridgehead atoms. The third kappa shape index (κ3) is 4.90. The molecule has 1 amide bonds. The lowest BCUT2D eigenvalue weighted by atomic mass is 10.1. The van der Waals surface area contributed by atoms with Gasteiger partial charge in [-0.2, -0.15) is 0 Å². The SMILES string of the molecule is Cc1ccc(N([C@H](C)C(=O)Nc2cc(Cl)cc(Cl)c2)S(C)(=O)=O)cc1C. The number of rotatable bonds is 5. The lowest BCUT2D eigenvalue weighted by molar-refractivity contribution is -0.116. The summed E-state index contributed by atoms with van der Waals surface area (Å²) in [6, 6.07) is 8.91. The summed E-state index contributed by atoms with van der Waals surface area (Å²) in [5, 5.41) is 3.40. The van der Waals surface area contributed by atoms with Crippen LogP contribution in [0.3, 0.4) is 0 Å². The number of halogens is 2. The Balaban J connectivity index is 2.35. The molecule has 8 heteroatoms. The number of sulfonamides is 1. The molecule has 5 nitrogen and oxygen atoms in total. The van der Waals surface area contributed by atoms with Crippen LogP contribution in [-0.4, -0.2) is 26.6 Å². The Morgan fingerprint density at radius 2 is 1.62 bits per heavy atom. The van der Waals surface area contributed by atoms with E-state index in [4.69, 9.17) is 23.2 Å². The molecule has 2 aromatic carbocycles. The quantitative estimate of drug-likeness (QED) is 0.787. The van der Waals surface area contributed by atoms with Crippen molar-refractivity contribution in [1.29, 1.82) is 0 Å². The Morgan fingerprint density at radius 3 is 2.12 bits per heavy atom. The van der Waals surface area contributed by atoms with Crippen molar-refractivity contribution in [3.63, 3.8) is 0 Å². The number of benzene rings is 2. The highest BCUT2D eigenvalue weighted by atomic mass is 35.5. The number of hydrogen-bond donors (Lipinski definition) is 1. The van der Waals surface area contributed by atoms with Gasteiger partial charge in [0.2, 0.25) is 15.9 Å². The maximum atomic E-state index is 12.6. The average Bonchev–Trinajstić information content (AvgIpc) is 2.48. The van der Waals surface area contributed by atoms with Crippen molar-refractivity contribution in [3.8, 4) is 0 Å². The van der Waals surface area contributed by atoms with Crippen LogP contribution >= 0.6 is 23.2 Å². The highest BCUT2D eigenvalue weighted by Crippen LogP contribution is 2.26. The Labute approximate surface area is 164 Å². The molecule has 0 fully saturated rings. The molecule has 0 aliphatic carbocycles. The summed E-state index contributed by atoms with van der Waals surface area (Å²) in [4.78, 5) is 12.6. The van der Waals surface area contributed by atoms with Gasteiger partial charge in [0.25, 0.3) is 0 Å². The highest BCUT2D eigenvalue weighted by Gasteiger charge is 2.29. The van der Waals surface area contributed by atoms with Gasteiger partial charge >= 0.3 is 0 Å². The monoisotopic (exact) mass is 414 g/mol. The second-order valence-corrected chi connectivity index (χ2v) is 8.88. The zero-order valence-electron chi connectivity index (χ0n) is 14.9. The minimum atomic E-state index is -3.68. The summed E-state index contributed by atoms with van der Waals surface area (Å²) in [6.07, 6.45) is 1.07. The van der Waals surface area contributed by atoms with Gasteiger partial charge in [0.15, 0.2) is 0 Å². The van der Waals surface area contributed by atoms with E-state index in [1.165, 1.54) is 6.92 Å². The molecule has 2 aromatic rings. The van der Waals surface area contributed by atoms with Crippen LogP contribution in [0.1, 0.15) is 18.1 Å². The average molecular weight is 415 g/mol. The Kier molecular flexibility index (Phi) is 6.21. The number of aryl methyl sites for hydroxylation is 2. The summed E-state index contributed by atoms with van der Waals surface area (Å²) in [7, 11) is -3.68. The van der Waals surface area contributed by atoms with Crippen molar-refractivity contribution in [3.05, 3.63) is 57.6 Å². The van der Waals surface area contributed by atoms with Gasteiger partial charge in [-0.1, -0.05) is 29.3 Å². The van der Waals surface area contributed by atoms with Crippen LogP contribution in [0.4, 0.5) is 11.4 Å². The van der Waals surface area contributed by atoms with Crippen LogP contribution in [-0.2, 0) is 14.8 Å². The van der Waals surface area contributed by atoms with Crippen molar-refractivity contribution < 1.29 is 13.2 Å². The van der Waals surface area contributed by atoms with E-state index in [9.17, 15) is 13.2 Å². The fraction of sp³-hybridized carbons (Fsp3) is 0.278. The van der Waals surface area contributed by atoms with E-state index in [1.807, 2.05) is 19.9 Å². The molecule has 0 spiro atoms. The van der Waals surface area contributed by atoms with E-state index in [1.54, 1.807) is 30.3 Å². The fourth-order valence-corrected chi connectivity index (χ4v) is 4.24. The summed E-state index contributed by atoms with van der Waals surface area (Å²) in [5.74, 6) is -0.494. The number of nitrogens with one attached hydrogen (secondary N) is 1. The van der Waals surface area contributed by atoms with Gasteiger partial charge < -0.3 is 5.32 Å². The van der Waals surface area contributed by atoms with Gasteiger partial charge in [-0.25, -0.2) is 8.42 Å². The van der Waals surface area contributed by atoms with Gasteiger partial charge in [-0.3, -0.25) is 9.10 Å². The van der Waals surface area contributed by atoms with E-state index >= 15 is 0 Å². The van der Waals surface area contributed by atoms with E-state index < -0.39 is 22.0 Å². The normalized spacial score (nSPS) is 12.5. The molecule has 1 atom stereocenters. The topological polar surface area (TPSA) is 66.5 Å². The third-order valence-corrected chi connectivity index (χ3v) is 5.64. The Bertz CT molecular complexity index is 925. The van der Waals surface area contributed by atoms with Crippen molar-refractivity contribution in [2.75, 3.05) is 15.9 Å². The zero-order valence-corrected chi connectivity index (χ0v) is 17.2. The summed E-state index contributed by atoms with van der Waals surface area (Å²) in [6.45, 7) is 5.35. The van der Waals surface area contributed by atoms with Crippen molar-refractivity contribution >= 4 is 50.5 Å². The molecule has 0 aromatic heterocycles. The summed E-state index contributed by atoms with van der Waals surface area (Å²) in [5.41, 5.74) is 2.80. The van der Waals surface area contributed by atoms with Crippen LogP contribution in [0.2, 0.25) is 10.0 Å². The molecule has 0 saturated carbocycles. The largest absolute Gasteiger partial charge is 0.324 e. The second-order valence-electron chi connectivity index (χ2n) is 6.15. The van der Waals surface area contributed by atoms with E-state index in [0.717, 1.165) is 21.7 Å². The molecular formula is C18H20Cl2N2O3S. The van der Waals surface area contributed by atoms with E-state index in [2.05, 4.69) is 5.32 Å². The molecule has 2 rings (SSSR count). The standard InChI is InChI=1S/C18H20Cl2N2O3S/c1-11-5-6-17(7-12(11)2)22(26(4,24)25)13(3)18(23)21-16-9-14(19)8-15(20)10-16/h5-10,13H,1-4H3,(H,21,23)/t13-/m1/s1. The van der Waals surface area contributed by atoms with Crippen LogP contribution in [0.5, 0.6) is 0 Å². The van der Waals surface area contributed by atoms with Crippen molar-refractivity contribution in [1.82, 2.24) is 0 Å². The first-order chi connectivity index (χ1) is 12.0. The van der Waals surface area contributed by atoms with Crippen molar-refractivity contribution in [2.24, 2.45) is 0 Å². The molecule has 26 heavy (non-hydrogen) atoms. The van der Waals surface area contributed by atoms with Gasteiger partial charge in [0.1, 0.15) is 6.04 Å². The molecule has 0 unspecified atom stereocenters. The number of nitrogens with zero attached hydrogens (tertiary/aromatic N) is 1. The fourth-order valence-electron chi connectivity index (χ4n) is 2.54. The molecular weight excluding hydrogens is 395 g/mol. The molecule has 140 valence electrons. The van der Waals surface area contributed by atoms with E-state index in [0.29, 0.717) is 21.4 Å². The predicted octanol–water partition coefficient (Wildman–Crippen LogP) is 4.40. The Morgan fingerprint density at radius 1 is 1.04 bits per heavy atom. The predicted molar refractivity (Wildman–Crippen MR) is 108 cm³/mol. The van der Waals surface area contributed by atoms with Crippen LogP contribution in [0.25, 0.3) is 0 Å². The smallest absolute Gasteiger partial charge is 0.247 e. The number of anilines is 2. The number of amides is 1. The van der Waals surface area contributed by atoms with Crippen LogP contribution in [0.15, 0.2) is 36.4 Å². The number of carbonyl (C=O) groups excluding carboxylic acids is 1. The van der Waals surface area contributed by atoms with Crippen LogP contribution in [0, 0.1) is 13.8 Å². The van der Waals surface area contributed by atoms with Crippen LogP contribution < -0.4 is 9.62 Å². The minimum Gasteiger partial charge on any atom is -0.324 e. The van der Waals surface area contributed by atoms with E-state index in [-0.39, 0.29) is 0 Å². The summed E-state index contributed by atoms with van der Waals surface area (Å²) >= 11 is 11.9. The maximum absolute atomic E-state index is 12.6. The van der Waals surface area contributed by atoms with Gasteiger partial charge in [-0.15, -0.1) is 0 Å². The first-order valence-electron chi connectivity index (χ1n) is 7.82. The highest BCUT2D eigenvalue weighted by molar-refractivity contribution is 7.92. The molecule has 0 aliphatic heterocycles. The van der Waals surface area contributed by atoms with Gasteiger partial charge in [0, 0.05) is 15.7 Å². The molecule has 0 aliphatic rings.